The van der Waals surface area contributed by atoms with Crippen LogP contribution in [-0.4, -0.2) is 24.3 Å². The molecule has 7 heteroatoms. The van der Waals surface area contributed by atoms with Gasteiger partial charge in [0.25, 0.3) is 5.91 Å². The quantitative estimate of drug-likeness (QED) is 0.632. The third-order valence-corrected chi connectivity index (χ3v) is 5.26. The smallest absolute Gasteiger partial charge is 0.291 e. The molecule has 1 saturated heterocycles. The second kappa shape index (κ2) is 8.87. The van der Waals surface area contributed by atoms with E-state index in [1.54, 1.807) is 41.3 Å². The number of carbonyl (C=O) groups excluding carboxylic acids is 3. The van der Waals surface area contributed by atoms with E-state index in [9.17, 15) is 14.4 Å². The van der Waals surface area contributed by atoms with Crippen LogP contribution in [0.25, 0.3) is 0 Å². The number of rotatable bonds is 6. The van der Waals surface area contributed by atoms with Gasteiger partial charge in [-0.25, -0.2) is 0 Å². The SMILES string of the molecule is CCc1cccc(N2C[C@H](C(=O)Nc3cccc(NC(=O)c4ccco4)c3)CC2=O)c1. The Morgan fingerprint density at radius 2 is 1.81 bits per heavy atom. The van der Waals surface area contributed by atoms with E-state index < -0.39 is 5.92 Å². The van der Waals surface area contributed by atoms with Gasteiger partial charge >= 0.3 is 0 Å². The fourth-order valence-corrected chi connectivity index (χ4v) is 3.60. The molecule has 3 aromatic rings. The van der Waals surface area contributed by atoms with Gasteiger partial charge in [-0.15, -0.1) is 0 Å². The number of amides is 3. The Labute approximate surface area is 180 Å². The number of hydrogen-bond donors (Lipinski definition) is 2. The Morgan fingerprint density at radius 1 is 1.03 bits per heavy atom. The van der Waals surface area contributed by atoms with E-state index in [0.29, 0.717) is 17.9 Å². The van der Waals surface area contributed by atoms with E-state index in [-0.39, 0.29) is 29.9 Å². The summed E-state index contributed by atoms with van der Waals surface area (Å²) in [5, 5.41) is 5.58. The van der Waals surface area contributed by atoms with E-state index >= 15 is 0 Å². The fourth-order valence-electron chi connectivity index (χ4n) is 3.60. The van der Waals surface area contributed by atoms with E-state index in [4.69, 9.17) is 4.42 Å². The molecule has 1 fully saturated rings. The Kier molecular flexibility index (Phi) is 5.84. The number of hydrogen-bond acceptors (Lipinski definition) is 4. The maximum absolute atomic E-state index is 12.8. The van der Waals surface area contributed by atoms with Crippen molar-refractivity contribution in [2.24, 2.45) is 5.92 Å². The average molecular weight is 417 g/mol. The highest BCUT2D eigenvalue weighted by molar-refractivity contribution is 6.04. The molecule has 158 valence electrons. The summed E-state index contributed by atoms with van der Waals surface area (Å²) in [5.41, 5.74) is 3.04. The Balaban J connectivity index is 1.40. The molecule has 2 N–H and O–H groups in total. The lowest BCUT2D eigenvalue weighted by Gasteiger charge is -2.17. The van der Waals surface area contributed by atoms with Crippen molar-refractivity contribution in [3.63, 3.8) is 0 Å². The summed E-state index contributed by atoms with van der Waals surface area (Å²) in [6.45, 7) is 2.40. The van der Waals surface area contributed by atoms with E-state index in [1.165, 1.54) is 6.26 Å². The Bertz CT molecular complexity index is 1110. The monoisotopic (exact) mass is 417 g/mol. The maximum Gasteiger partial charge on any atom is 0.291 e. The number of nitrogens with one attached hydrogen (secondary N) is 2. The second-order valence-electron chi connectivity index (χ2n) is 7.43. The molecule has 1 aliphatic heterocycles. The van der Waals surface area contributed by atoms with Gasteiger partial charge in [-0.05, 0) is 54.4 Å². The van der Waals surface area contributed by atoms with Crippen LogP contribution in [0.3, 0.4) is 0 Å². The van der Waals surface area contributed by atoms with Crippen molar-refractivity contribution in [2.45, 2.75) is 19.8 Å². The largest absolute Gasteiger partial charge is 0.459 e. The van der Waals surface area contributed by atoms with Crippen LogP contribution in [0.5, 0.6) is 0 Å². The lowest BCUT2D eigenvalue weighted by atomic mass is 10.1. The summed E-state index contributed by atoms with van der Waals surface area (Å²) in [5.74, 6) is -0.907. The molecule has 1 aliphatic rings. The molecule has 1 aromatic heterocycles. The third-order valence-electron chi connectivity index (χ3n) is 5.26. The molecular formula is C24H23N3O4. The molecule has 0 unspecified atom stereocenters. The normalized spacial score (nSPS) is 15.7. The summed E-state index contributed by atoms with van der Waals surface area (Å²) < 4.78 is 5.08. The van der Waals surface area contributed by atoms with Gasteiger partial charge in [-0.1, -0.05) is 25.1 Å². The van der Waals surface area contributed by atoms with Gasteiger partial charge in [0, 0.05) is 30.0 Å². The molecule has 0 saturated carbocycles. The number of furan rings is 1. The molecule has 31 heavy (non-hydrogen) atoms. The number of aryl methyl sites for hydroxylation is 1. The van der Waals surface area contributed by atoms with Crippen molar-refractivity contribution in [1.82, 2.24) is 0 Å². The predicted molar refractivity (Wildman–Crippen MR) is 118 cm³/mol. The fraction of sp³-hybridized carbons (Fsp3) is 0.208. The highest BCUT2D eigenvalue weighted by Gasteiger charge is 2.35. The van der Waals surface area contributed by atoms with E-state index in [0.717, 1.165) is 17.7 Å². The zero-order valence-corrected chi connectivity index (χ0v) is 17.1. The number of nitrogens with zero attached hydrogens (tertiary/aromatic N) is 1. The molecular weight excluding hydrogens is 394 g/mol. The minimum Gasteiger partial charge on any atom is -0.459 e. The van der Waals surface area contributed by atoms with Crippen molar-refractivity contribution in [2.75, 3.05) is 22.1 Å². The first-order valence-corrected chi connectivity index (χ1v) is 10.2. The van der Waals surface area contributed by atoms with Crippen LogP contribution in [-0.2, 0) is 16.0 Å². The van der Waals surface area contributed by atoms with Crippen LogP contribution in [0.1, 0.15) is 29.5 Å². The van der Waals surface area contributed by atoms with Gasteiger partial charge in [0.05, 0.1) is 12.2 Å². The summed E-state index contributed by atoms with van der Waals surface area (Å²) in [6, 6.07) is 17.9. The van der Waals surface area contributed by atoms with Crippen LogP contribution in [0.4, 0.5) is 17.1 Å². The van der Waals surface area contributed by atoms with Crippen LogP contribution < -0.4 is 15.5 Å². The molecule has 0 spiro atoms. The zero-order chi connectivity index (χ0) is 21.8. The summed E-state index contributed by atoms with van der Waals surface area (Å²) in [4.78, 5) is 39.1. The van der Waals surface area contributed by atoms with E-state index in [1.807, 2.05) is 24.3 Å². The van der Waals surface area contributed by atoms with Gasteiger partial charge in [-0.3, -0.25) is 14.4 Å². The number of carbonyl (C=O) groups is 3. The van der Waals surface area contributed by atoms with Crippen molar-refractivity contribution >= 4 is 34.8 Å². The van der Waals surface area contributed by atoms with Gasteiger partial charge in [0.15, 0.2) is 5.76 Å². The lowest BCUT2D eigenvalue weighted by Crippen LogP contribution is -2.28. The first-order chi connectivity index (χ1) is 15.0. The molecule has 1 atom stereocenters. The van der Waals surface area contributed by atoms with Crippen LogP contribution in [0.15, 0.2) is 71.3 Å². The summed E-state index contributed by atoms with van der Waals surface area (Å²) >= 11 is 0. The topological polar surface area (TPSA) is 91.7 Å². The second-order valence-corrected chi connectivity index (χ2v) is 7.43. The molecule has 0 bridgehead atoms. The molecule has 7 nitrogen and oxygen atoms in total. The van der Waals surface area contributed by atoms with Crippen LogP contribution in [0, 0.1) is 5.92 Å². The lowest BCUT2D eigenvalue weighted by molar-refractivity contribution is -0.122. The molecule has 0 aliphatic carbocycles. The molecule has 3 amide bonds. The molecule has 0 radical (unpaired) electrons. The molecule has 2 aromatic carbocycles. The van der Waals surface area contributed by atoms with Crippen molar-refractivity contribution in [3.05, 3.63) is 78.3 Å². The third kappa shape index (κ3) is 4.66. The van der Waals surface area contributed by atoms with Crippen molar-refractivity contribution in [1.29, 1.82) is 0 Å². The standard InChI is InChI=1S/C24H23N3O4/c1-2-16-6-3-9-20(12-16)27-15-17(13-22(27)28)23(29)25-18-7-4-8-19(14-18)26-24(30)21-10-5-11-31-21/h3-12,14,17H,2,13,15H2,1H3,(H,25,29)(H,26,30)/t17-/m1/s1. The Hall–Kier alpha value is -3.87. The summed E-state index contributed by atoms with van der Waals surface area (Å²) in [7, 11) is 0. The average Bonchev–Trinajstić information content (AvgIpc) is 3.44. The minimum absolute atomic E-state index is 0.0622. The molecule has 4 rings (SSSR count). The number of anilines is 3. The first kappa shape index (κ1) is 20.4. The van der Waals surface area contributed by atoms with Crippen LogP contribution >= 0.6 is 0 Å². The van der Waals surface area contributed by atoms with Crippen LogP contribution in [0.2, 0.25) is 0 Å². The van der Waals surface area contributed by atoms with Gasteiger partial charge in [0.1, 0.15) is 0 Å². The Morgan fingerprint density at radius 3 is 2.55 bits per heavy atom. The van der Waals surface area contributed by atoms with Crippen molar-refractivity contribution in [3.8, 4) is 0 Å². The van der Waals surface area contributed by atoms with E-state index in [2.05, 4.69) is 17.6 Å². The highest BCUT2D eigenvalue weighted by atomic mass is 16.3. The first-order valence-electron chi connectivity index (χ1n) is 10.2. The van der Waals surface area contributed by atoms with Crippen molar-refractivity contribution < 1.29 is 18.8 Å². The molecule has 2 heterocycles. The summed E-state index contributed by atoms with van der Waals surface area (Å²) in [6.07, 6.45) is 2.47. The van der Waals surface area contributed by atoms with Gasteiger partial charge < -0.3 is 20.0 Å². The zero-order valence-electron chi connectivity index (χ0n) is 17.1. The highest BCUT2D eigenvalue weighted by Crippen LogP contribution is 2.27. The number of benzene rings is 2. The van der Waals surface area contributed by atoms with Gasteiger partial charge in [0.2, 0.25) is 11.8 Å². The minimum atomic E-state index is -0.445. The maximum atomic E-state index is 12.8. The predicted octanol–water partition coefficient (Wildman–Crippen LogP) is 4.09. The van der Waals surface area contributed by atoms with Gasteiger partial charge in [-0.2, -0.15) is 0 Å².